The lowest BCUT2D eigenvalue weighted by Crippen LogP contribution is -2.44. The van der Waals surface area contributed by atoms with Crippen molar-refractivity contribution < 1.29 is 0 Å². The van der Waals surface area contributed by atoms with Crippen molar-refractivity contribution >= 4 is 5.96 Å². The van der Waals surface area contributed by atoms with Gasteiger partial charge in [0, 0.05) is 32.7 Å². The Hall–Kier alpha value is -0.770. The van der Waals surface area contributed by atoms with Gasteiger partial charge in [-0.3, -0.25) is 4.99 Å². The summed E-state index contributed by atoms with van der Waals surface area (Å²) in [7, 11) is 1.85. The molecule has 0 radical (unpaired) electrons. The maximum Gasteiger partial charge on any atom is 0.191 e. The van der Waals surface area contributed by atoms with Gasteiger partial charge in [0.15, 0.2) is 5.96 Å². The summed E-state index contributed by atoms with van der Waals surface area (Å²) in [6.45, 7) is 16.2. The van der Waals surface area contributed by atoms with Gasteiger partial charge in [0.1, 0.15) is 0 Å². The number of likely N-dealkylation sites (tertiary alicyclic amines) is 1. The molecule has 0 aromatic heterocycles. The molecule has 0 amide bonds. The van der Waals surface area contributed by atoms with E-state index in [9.17, 15) is 0 Å². The van der Waals surface area contributed by atoms with Crippen molar-refractivity contribution in [3.05, 3.63) is 0 Å². The monoisotopic (exact) mass is 310 g/mol. The van der Waals surface area contributed by atoms with E-state index < -0.39 is 0 Å². The quantitative estimate of drug-likeness (QED) is 0.431. The Morgan fingerprint density at radius 3 is 2.32 bits per heavy atom. The molecule has 0 bridgehead atoms. The van der Waals surface area contributed by atoms with Gasteiger partial charge in [-0.2, -0.15) is 0 Å². The lowest BCUT2D eigenvalue weighted by atomic mass is 9.92. The predicted octanol–water partition coefficient (Wildman–Crippen LogP) is 2.95. The average molecular weight is 311 g/mol. The summed E-state index contributed by atoms with van der Waals surface area (Å²) >= 11 is 0. The molecule has 0 aliphatic carbocycles. The molecule has 0 aromatic rings. The summed E-state index contributed by atoms with van der Waals surface area (Å²) in [5.74, 6) is 3.27. The third kappa shape index (κ3) is 7.48. The first-order valence-corrected chi connectivity index (χ1v) is 9.11. The fraction of sp³-hybridized carbons (Fsp3) is 0.944. The van der Waals surface area contributed by atoms with E-state index in [1.54, 1.807) is 0 Å². The van der Waals surface area contributed by atoms with E-state index in [1.165, 1.54) is 38.9 Å². The van der Waals surface area contributed by atoms with E-state index in [0.29, 0.717) is 12.0 Å². The summed E-state index contributed by atoms with van der Waals surface area (Å²) in [6.07, 6.45) is 3.87. The van der Waals surface area contributed by atoms with Crippen LogP contribution in [0.5, 0.6) is 0 Å². The van der Waals surface area contributed by atoms with Gasteiger partial charge in [0.2, 0.25) is 0 Å². The Kier molecular flexibility index (Phi) is 8.84. The smallest absolute Gasteiger partial charge is 0.191 e. The maximum absolute atomic E-state index is 4.30. The van der Waals surface area contributed by atoms with Crippen LogP contribution in [0.2, 0.25) is 0 Å². The van der Waals surface area contributed by atoms with Gasteiger partial charge in [-0.15, -0.1) is 0 Å². The minimum Gasteiger partial charge on any atom is -0.356 e. The number of piperidine rings is 1. The van der Waals surface area contributed by atoms with Crippen LogP contribution in [0.4, 0.5) is 0 Å². The largest absolute Gasteiger partial charge is 0.356 e. The van der Waals surface area contributed by atoms with Crippen LogP contribution in [0, 0.1) is 17.8 Å². The zero-order valence-electron chi connectivity index (χ0n) is 15.7. The molecule has 1 aliphatic heterocycles. The third-order valence-electron chi connectivity index (χ3n) is 4.73. The summed E-state index contributed by atoms with van der Waals surface area (Å²) in [5.41, 5.74) is 0. The molecule has 0 aromatic carbocycles. The van der Waals surface area contributed by atoms with E-state index in [1.807, 2.05) is 7.05 Å². The van der Waals surface area contributed by atoms with Crippen LogP contribution in [0.1, 0.15) is 53.9 Å². The molecule has 3 atom stereocenters. The predicted molar refractivity (Wildman–Crippen MR) is 97.4 cm³/mol. The van der Waals surface area contributed by atoms with Gasteiger partial charge in [0.25, 0.3) is 0 Å². The number of hydrogen-bond donors (Lipinski definition) is 2. The number of aliphatic imine (C=N–C) groups is 1. The molecule has 1 rings (SSSR count). The number of unbranched alkanes of at least 4 members (excludes halogenated alkanes) is 1. The molecular formula is C18H38N4. The number of rotatable bonds is 7. The van der Waals surface area contributed by atoms with Gasteiger partial charge in [-0.25, -0.2) is 0 Å². The highest BCUT2D eigenvalue weighted by atomic mass is 15.2. The fourth-order valence-corrected chi connectivity index (χ4v) is 3.22. The third-order valence-corrected chi connectivity index (χ3v) is 4.73. The molecular weight excluding hydrogens is 272 g/mol. The van der Waals surface area contributed by atoms with Crippen LogP contribution < -0.4 is 10.6 Å². The Bertz CT molecular complexity index is 317. The second kappa shape index (κ2) is 10.1. The molecule has 3 unspecified atom stereocenters. The number of hydrogen-bond acceptors (Lipinski definition) is 2. The van der Waals surface area contributed by atoms with Gasteiger partial charge in [-0.05, 0) is 50.5 Å². The second-order valence-electron chi connectivity index (χ2n) is 7.59. The molecule has 4 nitrogen and oxygen atoms in total. The van der Waals surface area contributed by atoms with Crippen LogP contribution in [0.25, 0.3) is 0 Å². The first-order chi connectivity index (χ1) is 10.4. The average Bonchev–Trinajstić information content (AvgIpc) is 2.44. The Morgan fingerprint density at radius 1 is 1.14 bits per heavy atom. The highest BCUT2D eigenvalue weighted by Gasteiger charge is 2.20. The summed E-state index contributed by atoms with van der Waals surface area (Å²) < 4.78 is 0. The first-order valence-electron chi connectivity index (χ1n) is 9.11. The normalized spacial score (nSPS) is 25.3. The van der Waals surface area contributed by atoms with E-state index in [-0.39, 0.29) is 0 Å². The molecule has 130 valence electrons. The SMILES string of the molecule is CN=C(NCCCCN1CC(C)CC(C)C1)NC(C)C(C)C. The number of nitrogens with one attached hydrogen (secondary N) is 2. The van der Waals surface area contributed by atoms with Crippen LogP contribution in [-0.2, 0) is 0 Å². The zero-order chi connectivity index (χ0) is 16.5. The minimum atomic E-state index is 0.447. The molecule has 1 aliphatic rings. The molecule has 22 heavy (non-hydrogen) atoms. The standard InChI is InChI=1S/C18H38N4/c1-14(2)17(5)21-18(19-6)20-9-7-8-10-22-12-15(3)11-16(4)13-22/h14-17H,7-13H2,1-6H3,(H2,19,20,21). The van der Waals surface area contributed by atoms with Crippen molar-refractivity contribution in [3.8, 4) is 0 Å². The van der Waals surface area contributed by atoms with E-state index >= 15 is 0 Å². The highest BCUT2D eigenvalue weighted by molar-refractivity contribution is 5.79. The minimum absolute atomic E-state index is 0.447. The van der Waals surface area contributed by atoms with Gasteiger partial charge in [-0.1, -0.05) is 27.7 Å². The molecule has 1 fully saturated rings. The maximum atomic E-state index is 4.30. The molecule has 4 heteroatoms. The first kappa shape index (κ1) is 19.3. The molecule has 2 N–H and O–H groups in total. The topological polar surface area (TPSA) is 39.7 Å². The van der Waals surface area contributed by atoms with Gasteiger partial charge < -0.3 is 15.5 Å². The Morgan fingerprint density at radius 2 is 1.77 bits per heavy atom. The molecule has 1 saturated heterocycles. The van der Waals surface area contributed by atoms with Crippen LogP contribution in [-0.4, -0.2) is 50.1 Å². The van der Waals surface area contributed by atoms with Crippen molar-refractivity contribution in [3.63, 3.8) is 0 Å². The van der Waals surface area contributed by atoms with E-state index in [4.69, 9.17) is 0 Å². The molecule has 1 heterocycles. The van der Waals surface area contributed by atoms with Gasteiger partial charge in [0.05, 0.1) is 0 Å². The summed E-state index contributed by atoms with van der Waals surface area (Å²) in [4.78, 5) is 6.95. The Balaban J connectivity index is 2.14. The van der Waals surface area contributed by atoms with E-state index in [2.05, 4.69) is 55.1 Å². The zero-order valence-corrected chi connectivity index (χ0v) is 15.7. The van der Waals surface area contributed by atoms with Gasteiger partial charge >= 0.3 is 0 Å². The van der Waals surface area contributed by atoms with Crippen LogP contribution >= 0.6 is 0 Å². The number of nitrogens with zero attached hydrogens (tertiary/aromatic N) is 2. The van der Waals surface area contributed by atoms with Crippen molar-refractivity contribution in [2.24, 2.45) is 22.7 Å². The van der Waals surface area contributed by atoms with Crippen molar-refractivity contribution in [1.29, 1.82) is 0 Å². The van der Waals surface area contributed by atoms with Crippen LogP contribution in [0.3, 0.4) is 0 Å². The number of guanidine groups is 1. The van der Waals surface area contributed by atoms with Crippen molar-refractivity contribution in [2.45, 2.75) is 59.9 Å². The van der Waals surface area contributed by atoms with Crippen LogP contribution in [0.15, 0.2) is 4.99 Å². The van der Waals surface area contributed by atoms with E-state index in [0.717, 1.165) is 24.3 Å². The summed E-state index contributed by atoms with van der Waals surface area (Å²) in [5, 5.41) is 6.88. The lowest BCUT2D eigenvalue weighted by Gasteiger charge is -2.35. The molecule has 0 spiro atoms. The lowest BCUT2D eigenvalue weighted by molar-refractivity contribution is 0.139. The fourth-order valence-electron chi connectivity index (χ4n) is 3.22. The van der Waals surface area contributed by atoms with Crippen molar-refractivity contribution in [1.82, 2.24) is 15.5 Å². The van der Waals surface area contributed by atoms with Crippen molar-refractivity contribution in [2.75, 3.05) is 33.2 Å². The highest BCUT2D eigenvalue weighted by Crippen LogP contribution is 2.20. The Labute approximate surface area is 138 Å². The summed E-state index contributed by atoms with van der Waals surface area (Å²) in [6, 6.07) is 0.447. The second-order valence-corrected chi connectivity index (χ2v) is 7.59. The molecule has 0 saturated carbocycles.